The van der Waals surface area contributed by atoms with Crippen LogP contribution in [0.25, 0.3) is 0 Å². The van der Waals surface area contributed by atoms with Gasteiger partial charge in [0.15, 0.2) is 0 Å². The molecule has 2 aromatic carbocycles. The Morgan fingerprint density at radius 2 is 1.88 bits per heavy atom. The van der Waals surface area contributed by atoms with Crippen LogP contribution >= 0.6 is 0 Å². The van der Waals surface area contributed by atoms with Gasteiger partial charge in [0.25, 0.3) is 0 Å². The number of piperazine rings is 1. The van der Waals surface area contributed by atoms with E-state index >= 15 is 0 Å². The van der Waals surface area contributed by atoms with E-state index in [-0.39, 0.29) is 24.2 Å². The summed E-state index contributed by atoms with van der Waals surface area (Å²) in [6.07, 6.45) is 0. The fraction of sp³-hybridized carbons (Fsp3) is 0.263. The van der Waals surface area contributed by atoms with Gasteiger partial charge in [0.05, 0.1) is 12.8 Å². The highest BCUT2D eigenvalue weighted by molar-refractivity contribution is 6.00. The zero-order valence-electron chi connectivity index (χ0n) is 14.6. The van der Waals surface area contributed by atoms with Gasteiger partial charge in [-0.15, -0.1) is 0 Å². The number of hydrogen-bond acceptors (Lipinski definition) is 3. The third kappa shape index (κ3) is 3.61. The highest BCUT2D eigenvalue weighted by atomic mass is 19.1. The van der Waals surface area contributed by atoms with Crippen molar-refractivity contribution in [1.29, 1.82) is 0 Å². The number of rotatable bonds is 3. The molecule has 0 spiro atoms. The molecule has 1 aliphatic rings. The number of carbonyl (C=O) groups is 2. The quantitative estimate of drug-likeness (QED) is 0.918. The minimum atomic E-state index is -0.517. The number of ether oxygens (including phenoxy) is 1. The molecule has 136 valence electrons. The first-order chi connectivity index (χ1) is 12.5. The zero-order valence-corrected chi connectivity index (χ0v) is 14.6. The number of methoxy groups -OCH3 is 1. The van der Waals surface area contributed by atoms with Crippen LogP contribution in [0, 0.1) is 5.82 Å². The first kappa shape index (κ1) is 17.7. The van der Waals surface area contributed by atoms with Crippen molar-refractivity contribution in [3.8, 4) is 5.75 Å². The molecule has 0 unspecified atom stereocenters. The third-order valence-electron chi connectivity index (χ3n) is 4.35. The Morgan fingerprint density at radius 3 is 2.54 bits per heavy atom. The van der Waals surface area contributed by atoms with Crippen molar-refractivity contribution < 1.29 is 18.7 Å². The summed E-state index contributed by atoms with van der Waals surface area (Å²) in [4.78, 5) is 28.0. The Hall–Kier alpha value is -3.09. The number of urea groups is 1. The molecule has 0 aromatic heterocycles. The molecule has 26 heavy (non-hydrogen) atoms. The van der Waals surface area contributed by atoms with Gasteiger partial charge in [-0.2, -0.15) is 0 Å². The molecule has 6 nitrogen and oxygen atoms in total. The SMILES string of the molecule is COc1ccc(N2C[C@@H](C)N(C(=O)Nc3ccccc3F)CC2=O)cc1. The Balaban J connectivity index is 1.70. The third-order valence-corrected chi connectivity index (χ3v) is 4.35. The number of carbonyl (C=O) groups excluding carboxylic acids is 2. The molecule has 0 bridgehead atoms. The number of nitrogens with zero attached hydrogens (tertiary/aromatic N) is 2. The van der Waals surface area contributed by atoms with Crippen LogP contribution in [-0.2, 0) is 4.79 Å². The second-order valence-corrected chi connectivity index (χ2v) is 6.09. The van der Waals surface area contributed by atoms with Crippen LogP contribution in [0.15, 0.2) is 48.5 Å². The molecule has 3 rings (SSSR count). The Kier molecular flexibility index (Phi) is 5.06. The van der Waals surface area contributed by atoms with Gasteiger partial charge in [0.1, 0.15) is 18.1 Å². The van der Waals surface area contributed by atoms with Crippen LogP contribution in [0.1, 0.15) is 6.92 Å². The largest absolute Gasteiger partial charge is 0.497 e. The maximum Gasteiger partial charge on any atom is 0.322 e. The van der Waals surface area contributed by atoms with E-state index in [1.807, 2.05) is 6.92 Å². The maximum absolute atomic E-state index is 13.7. The van der Waals surface area contributed by atoms with Crippen LogP contribution in [0.4, 0.5) is 20.6 Å². The summed E-state index contributed by atoms with van der Waals surface area (Å²) in [5.41, 5.74) is 0.839. The standard InChI is InChI=1S/C19H20FN3O3/c1-13-11-23(14-7-9-15(26-2)10-8-14)18(24)12-22(13)19(25)21-17-6-4-3-5-16(17)20/h3-10,13H,11-12H2,1-2H3,(H,21,25)/t13-/m1/s1. The molecule has 1 saturated heterocycles. The predicted molar refractivity (Wildman–Crippen MR) is 96.9 cm³/mol. The minimum Gasteiger partial charge on any atom is -0.497 e. The van der Waals surface area contributed by atoms with E-state index in [0.29, 0.717) is 12.3 Å². The van der Waals surface area contributed by atoms with E-state index in [1.165, 1.54) is 17.0 Å². The van der Waals surface area contributed by atoms with Gasteiger partial charge in [-0.1, -0.05) is 12.1 Å². The van der Waals surface area contributed by atoms with Crippen LogP contribution in [0.5, 0.6) is 5.75 Å². The Morgan fingerprint density at radius 1 is 1.19 bits per heavy atom. The zero-order chi connectivity index (χ0) is 18.7. The topological polar surface area (TPSA) is 61.9 Å². The van der Waals surface area contributed by atoms with Gasteiger partial charge in [0, 0.05) is 18.3 Å². The molecule has 7 heteroatoms. The van der Waals surface area contributed by atoms with Crippen LogP contribution in [-0.4, -0.2) is 43.1 Å². The molecule has 0 aliphatic carbocycles. The minimum absolute atomic E-state index is 0.0759. The summed E-state index contributed by atoms with van der Waals surface area (Å²) in [7, 11) is 1.58. The number of halogens is 1. The highest BCUT2D eigenvalue weighted by Gasteiger charge is 2.33. The molecule has 1 fully saturated rings. The van der Waals surface area contributed by atoms with E-state index in [4.69, 9.17) is 4.74 Å². The van der Waals surface area contributed by atoms with E-state index in [9.17, 15) is 14.0 Å². The van der Waals surface area contributed by atoms with Crippen molar-refractivity contribution in [1.82, 2.24) is 4.90 Å². The fourth-order valence-electron chi connectivity index (χ4n) is 2.88. The maximum atomic E-state index is 13.7. The number of nitrogens with one attached hydrogen (secondary N) is 1. The van der Waals surface area contributed by atoms with Crippen LogP contribution in [0.3, 0.4) is 0 Å². The Bertz CT molecular complexity index is 810. The molecule has 0 radical (unpaired) electrons. The second-order valence-electron chi connectivity index (χ2n) is 6.09. The fourth-order valence-corrected chi connectivity index (χ4v) is 2.88. The lowest BCUT2D eigenvalue weighted by atomic mass is 10.1. The number of benzene rings is 2. The van der Waals surface area contributed by atoms with Crippen molar-refractivity contribution in [3.05, 3.63) is 54.3 Å². The molecular weight excluding hydrogens is 337 g/mol. The lowest BCUT2D eigenvalue weighted by Crippen LogP contribution is -2.58. The van der Waals surface area contributed by atoms with Crippen molar-refractivity contribution in [2.45, 2.75) is 13.0 Å². The smallest absolute Gasteiger partial charge is 0.322 e. The highest BCUT2D eigenvalue weighted by Crippen LogP contribution is 2.23. The van der Waals surface area contributed by atoms with Crippen molar-refractivity contribution in [2.24, 2.45) is 0 Å². The summed E-state index contributed by atoms with van der Waals surface area (Å²) >= 11 is 0. The molecule has 2 aromatic rings. The monoisotopic (exact) mass is 357 g/mol. The molecule has 1 heterocycles. The first-order valence-corrected chi connectivity index (χ1v) is 8.26. The molecular formula is C19H20FN3O3. The normalized spacial score (nSPS) is 17.2. The lowest BCUT2D eigenvalue weighted by molar-refractivity contribution is -0.121. The average molecular weight is 357 g/mol. The predicted octanol–water partition coefficient (Wildman–Crippen LogP) is 3.10. The van der Waals surface area contributed by atoms with Gasteiger partial charge in [-0.25, -0.2) is 9.18 Å². The van der Waals surface area contributed by atoms with Crippen molar-refractivity contribution in [2.75, 3.05) is 30.4 Å². The van der Waals surface area contributed by atoms with Gasteiger partial charge in [-0.3, -0.25) is 4.79 Å². The van der Waals surface area contributed by atoms with Gasteiger partial charge in [0.2, 0.25) is 5.91 Å². The number of hydrogen-bond donors (Lipinski definition) is 1. The van der Waals surface area contributed by atoms with Crippen LogP contribution in [0.2, 0.25) is 0 Å². The van der Waals surface area contributed by atoms with Crippen LogP contribution < -0.4 is 15.0 Å². The summed E-state index contributed by atoms with van der Waals surface area (Å²) in [5, 5.41) is 2.53. The summed E-state index contributed by atoms with van der Waals surface area (Å²) in [6, 6.07) is 12.4. The average Bonchev–Trinajstić information content (AvgIpc) is 2.65. The summed E-state index contributed by atoms with van der Waals surface area (Å²) < 4.78 is 18.8. The number of anilines is 2. The lowest BCUT2D eigenvalue weighted by Gasteiger charge is -2.39. The van der Waals surface area contributed by atoms with Crippen molar-refractivity contribution in [3.63, 3.8) is 0 Å². The van der Waals surface area contributed by atoms with Gasteiger partial charge >= 0.3 is 6.03 Å². The van der Waals surface area contributed by atoms with E-state index in [2.05, 4.69) is 5.32 Å². The molecule has 1 N–H and O–H groups in total. The summed E-state index contributed by atoms with van der Waals surface area (Å²) in [6.45, 7) is 2.13. The van der Waals surface area contributed by atoms with E-state index in [0.717, 1.165) is 5.69 Å². The molecule has 1 aliphatic heterocycles. The summed E-state index contributed by atoms with van der Waals surface area (Å²) in [5.74, 6) is -0.00852. The second kappa shape index (κ2) is 7.43. The van der Waals surface area contributed by atoms with E-state index < -0.39 is 11.8 Å². The number of para-hydroxylation sites is 1. The Labute approximate surface area is 151 Å². The van der Waals surface area contributed by atoms with E-state index in [1.54, 1.807) is 48.4 Å². The first-order valence-electron chi connectivity index (χ1n) is 8.26. The number of amides is 3. The molecule has 3 amide bonds. The molecule has 1 atom stereocenters. The van der Waals surface area contributed by atoms with Gasteiger partial charge in [-0.05, 0) is 43.3 Å². The van der Waals surface area contributed by atoms with Gasteiger partial charge < -0.3 is 19.9 Å². The van der Waals surface area contributed by atoms with Crippen molar-refractivity contribution >= 4 is 23.3 Å². The molecule has 0 saturated carbocycles.